The fourth-order valence-electron chi connectivity index (χ4n) is 2.85. The average molecular weight is 491 g/mol. The molecule has 3 rings (SSSR count). The lowest BCUT2D eigenvalue weighted by Crippen LogP contribution is -2.46. The number of ether oxygens (including phenoxy) is 1. The number of aromatic nitrogens is 1. The molecule has 1 atom stereocenters. The third-order valence-corrected chi connectivity index (χ3v) is 5.29. The molecule has 0 amide bonds. The first kappa shape index (κ1) is 21.1. The Morgan fingerprint density at radius 2 is 2.12 bits per heavy atom. The van der Waals surface area contributed by atoms with Crippen LogP contribution in [0.15, 0.2) is 34.0 Å². The number of thiophene rings is 1. The number of halogens is 1. The standard InChI is InChI=1S/C17H25N5O2S.HI/c1-13-3-4-16(25-13)15(22-6-9-23-10-7-22)12-20-17(18-2)19-11-14-5-8-24-21-14;/h3-5,8,15H,6-7,9-12H2,1-2H3,(H2,18,19,20);1H. The number of aryl methyl sites for hydroxylation is 1. The van der Waals surface area contributed by atoms with E-state index in [0.717, 1.165) is 44.5 Å². The van der Waals surface area contributed by atoms with Gasteiger partial charge in [0.15, 0.2) is 5.96 Å². The molecule has 1 fully saturated rings. The monoisotopic (exact) mass is 491 g/mol. The molecular weight excluding hydrogens is 465 g/mol. The number of hydrogen-bond acceptors (Lipinski definition) is 6. The summed E-state index contributed by atoms with van der Waals surface area (Å²) in [5, 5.41) is 10.6. The molecule has 0 bridgehead atoms. The molecule has 0 radical (unpaired) electrons. The van der Waals surface area contributed by atoms with Gasteiger partial charge in [-0.25, -0.2) is 0 Å². The Morgan fingerprint density at radius 3 is 2.73 bits per heavy atom. The molecule has 0 saturated carbocycles. The zero-order valence-corrected chi connectivity index (χ0v) is 18.3. The first-order valence-electron chi connectivity index (χ1n) is 8.48. The highest BCUT2D eigenvalue weighted by molar-refractivity contribution is 14.0. The number of rotatable bonds is 6. The predicted molar refractivity (Wildman–Crippen MR) is 114 cm³/mol. The minimum atomic E-state index is 0. The van der Waals surface area contributed by atoms with Gasteiger partial charge in [-0.2, -0.15) is 0 Å². The molecule has 7 nitrogen and oxygen atoms in total. The van der Waals surface area contributed by atoms with Gasteiger partial charge in [0.2, 0.25) is 0 Å². The summed E-state index contributed by atoms with van der Waals surface area (Å²) < 4.78 is 10.4. The van der Waals surface area contributed by atoms with E-state index >= 15 is 0 Å². The van der Waals surface area contributed by atoms with Crippen LogP contribution in [0.1, 0.15) is 21.5 Å². The van der Waals surface area contributed by atoms with E-state index in [1.807, 2.05) is 17.4 Å². The van der Waals surface area contributed by atoms with Gasteiger partial charge in [0.25, 0.3) is 0 Å². The lowest BCUT2D eigenvalue weighted by atomic mass is 10.2. The zero-order chi connectivity index (χ0) is 17.5. The summed E-state index contributed by atoms with van der Waals surface area (Å²) in [4.78, 5) is 9.49. The lowest BCUT2D eigenvalue weighted by molar-refractivity contribution is 0.0177. The third kappa shape index (κ3) is 5.93. The second kappa shape index (κ2) is 10.9. The van der Waals surface area contributed by atoms with E-state index in [1.165, 1.54) is 9.75 Å². The summed E-state index contributed by atoms with van der Waals surface area (Å²) >= 11 is 1.85. The van der Waals surface area contributed by atoms with E-state index < -0.39 is 0 Å². The summed E-state index contributed by atoms with van der Waals surface area (Å²) in [5.41, 5.74) is 0.849. The molecule has 2 aromatic heterocycles. The van der Waals surface area contributed by atoms with E-state index in [-0.39, 0.29) is 24.0 Å². The van der Waals surface area contributed by atoms with Crippen LogP contribution in [-0.2, 0) is 11.3 Å². The Kier molecular flexibility index (Phi) is 8.82. The maximum Gasteiger partial charge on any atom is 0.191 e. The van der Waals surface area contributed by atoms with Crippen LogP contribution in [0.4, 0.5) is 0 Å². The van der Waals surface area contributed by atoms with Gasteiger partial charge in [-0.15, -0.1) is 35.3 Å². The number of morpholine rings is 1. The van der Waals surface area contributed by atoms with Gasteiger partial charge < -0.3 is 19.9 Å². The summed E-state index contributed by atoms with van der Waals surface area (Å²) in [7, 11) is 1.77. The number of nitrogens with zero attached hydrogens (tertiary/aromatic N) is 3. The van der Waals surface area contributed by atoms with Gasteiger partial charge in [0.1, 0.15) is 12.0 Å². The van der Waals surface area contributed by atoms with Crippen molar-refractivity contribution in [1.29, 1.82) is 0 Å². The average Bonchev–Trinajstić information content (AvgIpc) is 3.30. The Morgan fingerprint density at radius 1 is 1.31 bits per heavy atom. The Labute approximate surface area is 175 Å². The Hall–Kier alpha value is -1.17. The number of nitrogens with one attached hydrogen (secondary N) is 2. The minimum absolute atomic E-state index is 0. The topological polar surface area (TPSA) is 74.9 Å². The van der Waals surface area contributed by atoms with Crippen LogP contribution in [0.5, 0.6) is 0 Å². The molecule has 2 aromatic rings. The van der Waals surface area contributed by atoms with Gasteiger partial charge in [-0.05, 0) is 19.1 Å². The van der Waals surface area contributed by atoms with E-state index in [1.54, 1.807) is 13.3 Å². The molecule has 0 aromatic carbocycles. The SMILES string of the molecule is CN=C(NCc1ccon1)NCC(c1ccc(C)s1)N1CCOCC1.I. The highest BCUT2D eigenvalue weighted by atomic mass is 127. The second-order valence-electron chi connectivity index (χ2n) is 5.91. The first-order valence-corrected chi connectivity index (χ1v) is 9.30. The van der Waals surface area contributed by atoms with Gasteiger partial charge >= 0.3 is 0 Å². The maximum absolute atomic E-state index is 5.51. The molecule has 1 saturated heterocycles. The zero-order valence-electron chi connectivity index (χ0n) is 15.1. The molecular formula is C17H26IN5O2S. The summed E-state index contributed by atoms with van der Waals surface area (Å²) in [6, 6.07) is 6.57. The number of aliphatic imine (C=N–C) groups is 1. The molecule has 9 heteroatoms. The minimum Gasteiger partial charge on any atom is -0.379 e. The lowest BCUT2D eigenvalue weighted by Gasteiger charge is -2.34. The Balaban J connectivity index is 0.00000243. The van der Waals surface area contributed by atoms with Crippen LogP contribution in [0, 0.1) is 6.92 Å². The van der Waals surface area contributed by atoms with Gasteiger partial charge in [0, 0.05) is 42.5 Å². The molecule has 1 aliphatic rings. The van der Waals surface area contributed by atoms with Gasteiger partial charge in [-0.3, -0.25) is 9.89 Å². The molecule has 144 valence electrons. The fourth-order valence-corrected chi connectivity index (χ4v) is 3.86. The summed E-state index contributed by atoms with van der Waals surface area (Å²) in [6.45, 7) is 7.01. The molecule has 26 heavy (non-hydrogen) atoms. The molecule has 1 unspecified atom stereocenters. The largest absolute Gasteiger partial charge is 0.379 e. The normalized spacial score (nSPS) is 16.8. The van der Waals surface area contributed by atoms with E-state index in [0.29, 0.717) is 12.6 Å². The van der Waals surface area contributed by atoms with Crippen LogP contribution in [0.2, 0.25) is 0 Å². The van der Waals surface area contributed by atoms with E-state index in [4.69, 9.17) is 9.26 Å². The van der Waals surface area contributed by atoms with Crippen LogP contribution in [-0.4, -0.2) is 55.9 Å². The predicted octanol–water partition coefficient (Wildman–Crippen LogP) is 2.40. The van der Waals surface area contributed by atoms with E-state index in [9.17, 15) is 0 Å². The Bertz CT molecular complexity index is 671. The number of guanidine groups is 1. The van der Waals surface area contributed by atoms with E-state index in [2.05, 4.69) is 44.7 Å². The van der Waals surface area contributed by atoms with Gasteiger partial charge in [0.05, 0.1) is 25.8 Å². The molecule has 0 aliphatic carbocycles. The highest BCUT2D eigenvalue weighted by Gasteiger charge is 2.24. The number of hydrogen-bond donors (Lipinski definition) is 2. The second-order valence-corrected chi connectivity index (χ2v) is 7.23. The van der Waals surface area contributed by atoms with Crippen molar-refractivity contribution in [2.45, 2.75) is 19.5 Å². The van der Waals surface area contributed by atoms with Crippen molar-refractivity contribution >= 4 is 41.3 Å². The smallest absolute Gasteiger partial charge is 0.191 e. The summed E-state index contributed by atoms with van der Waals surface area (Å²) in [5.74, 6) is 0.759. The van der Waals surface area contributed by atoms with Crippen molar-refractivity contribution in [2.24, 2.45) is 4.99 Å². The van der Waals surface area contributed by atoms with Crippen molar-refractivity contribution < 1.29 is 9.26 Å². The van der Waals surface area contributed by atoms with Crippen LogP contribution in [0.25, 0.3) is 0 Å². The van der Waals surface area contributed by atoms with Crippen LogP contribution >= 0.6 is 35.3 Å². The molecule has 2 N–H and O–H groups in total. The maximum atomic E-state index is 5.51. The highest BCUT2D eigenvalue weighted by Crippen LogP contribution is 2.27. The van der Waals surface area contributed by atoms with Crippen LogP contribution in [0.3, 0.4) is 0 Å². The van der Waals surface area contributed by atoms with Crippen molar-refractivity contribution in [3.05, 3.63) is 39.9 Å². The first-order chi connectivity index (χ1) is 12.3. The van der Waals surface area contributed by atoms with Crippen molar-refractivity contribution in [3.63, 3.8) is 0 Å². The van der Waals surface area contributed by atoms with Gasteiger partial charge in [-0.1, -0.05) is 5.16 Å². The molecule has 1 aliphatic heterocycles. The van der Waals surface area contributed by atoms with Crippen LogP contribution < -0.4 is 10.6 Å². The van der Waals surface area contributed by atoms with Crippen molar-refractivity contribution in [2.75, 3.05) is 39.9 Å². The quantitative estimate of drug-likeness (QED) is 0.368. The van der Waals surface area contributed by atoms with Crippen molar-refractivity contribution in [1.82, 2.24) is 20.7 Å². The fraction of sp³-hybridized carbons (Fsp3) is 0.529. The molecule has 0 spiro atoms. The van der Waals surface area contributed by atoms with Crippen molar-refractivity contribution in [3.8, 4) is 0 Å². The summed E-state index contributed by atoms with van der Waals surface area (Å²) in [6.07, 6.45) is 1.57. The third-order valence-electron chi connectivity index (χ3n) is 4.19. The molecule has 3 heterocycles.